The van der Waals surface area contributed by atoms with Gasteiger partial charge in [0, 0.05) is 32.2 Å². The van der Waals surface area contributed by atoms with E-state index < -0.39 is 17.7 Å². The number of hydrogen-bond donors (Lipinski definition) is 1. The lowest BCUT2D eigenvalue weighted by Crippen LogP contribution is -2.31. The van der Waals surface area contributed by atoms with Crippen molar-refractivity contribution in [3.05, 3.63) is 64.7 Å². The molecule has 0 unspecified atom stereocenters. The minimum absolute atomic E-state index is 0.0591. The molecule has 0 spiro atoms. The van der Waals surface area contributed by atoms with Crippen molar-refractivity contribution in [3.63, 3.8) is 0 Å². The lowest BCUT2D eigenvalue weighted by atomic mass is 9.94. The summed E-state index contributed by atoms with van der Waals surface area (Å²) in [5, 5.41) is 11.4. The molecule has 2 aromatic rings. The highest BCUT2D eigenvalue weighted by atomic mass is 16.5. The lowest BCUT2D eigenvalue weighted by molar-refractivity contribution is -0.140. The normalized spacial score (nSPS) is 20.5. The van der Waals surface area contributed by atoms with Gasteiger partial charge in [0.15, 0.2) is 0 Å². The van der Waals surface area contributed by atoms with E-state index in [2.05, 4.69) is 6.92 Å². The van der Waals surface area contributed by atoms with Gasteiger partial charge in [0.1, 0.15) is 23.4 Å². The molecule has 2 atom stereocenters. The largest absolute Gasteiger partial charge is 0.507 e. The SMILES string of the molecule is CCCCCOc1cccc([C@@H]2/C(=C(\O)c3ccc4c(c3)C[C@H](C)O4)C(=O)C(=O)N2CCCOC)c1. The predicted octanol–water partition coefficient (Wildman–Crippen LogP) is 5.04. The summed E-state index contributed by atoms with van der Waals surface area (Å²) in [6.45, 7) is 5.52. The van der Waals surface area contributed by atoms with E-state index in [9.17, 15) is 14.7 Å². The van der Waals surface area contributed by atoms with Crippen LogP contribution in [0.5, 0.6) is 11.5 Å². The van der Waals surface area contributed by atoms with Crippen molar-refractivity contribution < 1.29 is 28.9 Å². The van der Waals surface area contributed by atoms with Gasteiger partial charge in [-0.05, 0) is 61.2 Å². The maximum absolute atomic E-state index is 13.3. The van der Waals surface area contributed by atoms with E-state index >= 15 is 0 Å². The van der Waals surface area contributed by atoms with Crippen molar-refractivity contribution in [1.29, 1.82) is 0 Å². The van der Waals surface area contributed by atoms with Gasteiger partial charge in [-0.15, -0.1) is 0 Å². The number of Topliss-reactive ketones (excluding diaryl/α,β-unsaturated/α-hetero) is 1. The van der Waals surface area contributed by atoms with Gasteiger partial charge >= 0.3 is 0 Å². The van der Waals surface area contributed by atoms with Crippen molar-refractivity contribution in [2.24, 2.45) is 0 Å². The van der Waals surface area contributed by atoms with Crippen molar-refractivity contribution in [1.82, 2.24) is 4.90 Å². The fourth-order valence-corrected chi connectivity index (χ4v) is 4.88. The average molecular weight is 494 g/mol. The molecular formula is C29H35NO6. The maximum Gasteiger partial charge on any atom is 0.295 e. The Morgan fingerprint density at radius 3 is 2.72 bits per heavy atom. The Hall–Kier alpha value is -3.32. The molecule has 192 valence electrons. The minimum Gasteiger partial charge on any atom is -0.507 e. The molecular weight excluding hydrogens is 458 g/mol. The average Bonchev–Trinajstić information content (AvgIpc) is 3.37. The molecule has 0 aromatic heterocycles. The second-order valence-electron chi connectivity index (χ2n) is 9.42. The highest BCUT2D eigenvalue weighted by Gasteiger charge is 2.46. The number of fused-ring (bicyclic) bond motifs is 1. The summed E-state index contributed by atoms with van der Waals surface area (Å²) in [6.07, 6.45) is 4.50. The van der Waals surface area contributed by atoms with Gasteiger partial charge in [0.2, 0.25) is 0 Å². The first kappa shape index (κ1) is 25.8. The smallest absolute Gasteiger partial charge is 0.295 e. The van der Waals surface area contributed by atoms with E-state index in [1.165, 1.54) is 4.90 Å². The molecule has 0 radical (unpaired) electrons. The number of ketones is 1. The van der Waals surface area contributed by atoms with Gasteiger partial charge in [-0.3, -0.25) is 9.59 Å². The maximum atomic E-state index is 13.3. The summed E-state index contributed by atoms with van der Waals surface area (Å²) in [7, 11) is 1.60. The van der Waals surface area contributed by atoms with E-state index in [1.807, 2.05) is 43.3 Å². The Labute approximate surface area is 212 Å². The summed E-state index contributed by atoms with van der Waals surface area (Å²) in [5.41, 5.74) is 2.28. The Kier molecular flexibility index (Phi) is 8.31. The van der Waals surface area contributed by atoms with Crippen molar-refractivity contribution >= 4 is 17.4 Å². The molecule has 7 nitrogen and oxygen atoms in total. The van der Waals surface area contributed by atoms with Gasteiger partial charge in [-0.25, -0.2) is 0 Å². The van der Waals surface area contributed by atoms with Crippen LogP contribution in [0.3, 0.4) is 0 Å². The zero-order chi connectivity index (χ0) is 25.7. The molecule has 7 heteroatoms. The molecule has 0 saturated carbocycles. The van der Waals surface area contributed by atoms with Crippen molar-refractivity contribution in [2.75, 3.05) is 26.9 Å². The lowest BCUT2D eigenvalue weighted by Gasteiger charge is -2.25. The third-order valence-electron chi connectivity index (χ3n) is 6.65. The van der Waals surface area contributed by atoms with Crippen LogP contribution in [-0.4, -0.2) is 54.7 Å². The number of aliphatic hydroxyl groups excluding tert-OH is 1. The van der Waals surface area contributed by atoms with Gasteiger partial charge in [0.25, 0.3) is 11.7 Å². The number of likely N-dealkylation sites (tertiary alicyclic amines) is 1. The zero-order valence-electron chi connectivity index (χ0n) is 21.3. The summed E-state index contributed by atoms with van der Waals surface area (Å²) >= 11 is 0. The molecule has 36 heavy (non-hydrogen) atoms. The van der Waals surface area contributed by atoms with E-state index in [-0.39, 0.29) is 17.4 Å². The molecule has 2 aromatic carbocycles. The van der Waals surface area contributed by atoms with Crippen LogP contribution in [0.1, 0.15) is 62.3 Å². The molecule has 2 aliphatic rings. The monoisotopic (exact) mass is 493 g/mol. The van der Waals surface area contributed by atoms with Gasteiger partial charge in [0.05, 0.1) is 18.2 Å². The Morgan fingerprint density at radius 2 is 1.94 bits per heavy atom. The van der Waals surface area contributed by atoms with Gasteiger partial charge in [-0.2, -0.15) is 0 Å². The van der Waals surface area contributed by atoms with Crippen LogP contribution in [-0.2, 0) is 20.7 Å². The van der Waals surface area contributed by atoms with Crippen LogP contribution < -0.4 is 9.47 Å². The van der Waals surface area contributed by atoms with Crippen LogP contribution in [0.4, 0.5) is 0 Å². The molecule has 2 heterocycles. The van der Waals surface area contributed by atoms with Gasteiger partial charge < -0.3 is 24.2 Å². The van der Waals surface area contributed by atoms with Crippen LogP contribution in [0.25, 0.3) is 5.76 Å². The molecule has 1 amide bonds. The molecule has 4 rings (SSSR count). The number of carbonyl (C=O) groups is 2. The number of benzene rings is 2. The first-order chi connectivity index (χ1) is 17.4. The van der Waals surface area contributed by atoms with E-state index in [1.54, 1.807) is 13.2 Å². The zero-order valence-corrected chi connectivity index (χ0v) is 21.3. The number of aliphatic hydroxyl groups is 1. The fraction of sp³-hybridized carbons (Fsp3) is 0.448. The number of rotatable bonds is 11. The van der Waals surface area contributed by atoms with Crippen LogP contribution in [0, 0.1) is 0 Å². The number of carbonyl (C=O) groups excluding carboxylic acids is 2. The molecule has 0 aliphatic carbocycles. The molecule has 1 N–H and O–H groups in total. The number of ether oxygens (including phenoxy) is 3. The first-order valence-electron chi connectivity index (χ1n) is 12.7. The van der Waals surface area contributed by atoms with E-state index in [4.69, 9.17) is 14.2 Å². The second kappa shape index (κ2) is 11.6. The number of methoxy groups -OCH3 is 1. The molecule has 0 bridgehead atoms. The Morgan fingerprint density at radius 1 is 1.11 bits per heavy atom. The molecule has 1 saturated heterocycles. The number of hydrogen-bond acceptors (Lipinski definition) is 6. The molecule has 2 aliphatic heterocycles. The number of nitrogens with zero attached hydrogens (tertiary/aromatic N) is 1. The predicted molar refractivity (Wildman–Crippen MR) is 137 cm³/mol. The van der Waals surface area contributed by atoms with Gasteiger partial charge in [-0.1, -0.05) is 31.9 Å². The highest BCUT2D eigenvalue weighted by molar-refractivity contribution is 6.46. The van der Waals surface area contributed by atoms with Crippen LogP contribution in [0.2, 0.25) is 0 Å². The summed E-state index contributed by atoms with van der Waals surface area (Å²) < 4.78 is 16.9. The highest BCUT2D eigenvalue weighted by Crippen LogP contribution is 2.41. The van der Waals surface area contributed by atoms with Crippen LogP contribution in [0.15, 0.2) is 48.0 Å². The third kappa shape index (κ3) is 5.41. The molecule has 1 fully saturated rings. The number of amides is 1. The summed E-state index contributed by atoms with van der Waals surface area (Å²) in [4.78, 5) is 27.9. The second-order valence-corrected chi connectivity index (χ2v) is 9.42. The quantitative estimate of drug-likeness (QED) is 0.204. The van der Waals surface area contributed by atoms with Crippen molar-refractivity contribution in [3.8, 4) is 11.5 Å². The Bertz CT molecular complexity index is 1140. The standard InChI is InChI=1S/C29H35NO6/c1-4-5-6-15-35-23-10-7-9-20(18-23)26-25(28(32)29(33)30(26)13-8-14-34-3)27(31)21-11-12-24-22(17-21)16-19(2)36-24/h7,9-12,17-19,26,31H,4-6,8,13-16H2,1-3H3/b27-25+/t19-,26+/m0/s1. The third-order valence-corrected chi connectivity index (χ3v) is 6.65. The topological polar surface area (TPSA) is 85.3 Å². The fourth-order valence-electron chi connectivity index (χ4n) is 4.88. The minimum atomic E-state index is -0.718. The van der Waals surface area contributed by atoms with E-state index in [0.29, 0.717) is 37.5 Å². The van der Waals surface area contributed by atoms with E-state index in [0.717, 1.165) is 42.6 Å². The first-order valence-corrected chi connectivity index (χ1v) is 12.7. The number of unbranched alkanes of at least 4 members (excludes halogenated alkanes) is 2. The Balaban J connectivity index is 1.72. The van der Waals surface area contributed by atoms with Crippen LogP contribution >= 0.6 is 0 Å². The summed E-state index contributed by atoms with van der Waals surface area (Å²) in [6, 6.07) is 12.1. The summed E-state index contributed by atoms with van der Waals surface area (Å²) in [5.74, 6) is -0.0261. The van der Waals surface area contributed by atoms with Crippen molar-refractivity contribution in [2.45, 2.75) is 58.1 Å².